The molecule has 0 unspecified atom stereocenters. The minimum atomic E-state index is -0.542. The summed E-state index contributed by atoms with van der Waals surface area (Å²) in [5.41, 5.74) is 0.611. The maximum absolute atomic E-state index is 12.6. The van der Waals surface area contributed by atoms with E-state index in [1.165, 1.54) is 0 Å². The molecule has 1 aromatic rings. The first-order valence-corrected chi connectivity index (χ1v) is 10.4. The van der Waals surface area contributed by atoms with Crippen LogP contribution in [-0.2, 0) is 9.53 Å². The summed E-state index contributed by atoms with van der Waals surface area (Å²) in [5, 5.41) is 15.4. The second-order valence-corrected chi connectivity index (χ2v) is 7.88. The molecule has 9 heteroatoms. The molecule has 3 amide bonds. The van der Waals surface area contributed by atoms with Gasteiger partial charge in [0, 0.05) is 37.9 Å². The minimum absolute atomic E-state index is 0.0898. The molecule has 2 aliphatic heterocycles. The third kappa shape index (κ3) is 6.07. The van der Waals surface area contributed by atoms with Crippen molar-refractivity contribution in [3.63, 3.8) is 0 Å². The predicted molar refractivity (Wildman–Crippen MR) is 113 cm³/mol. The van der Waals surface area contributed by atoms with Crippen LogP contribution in [0.4, 0.5) is 10.5 Å². The standard InChI is InChI=1S/C21H32N4O5/c1-24-8-10-25(11-9-24)20(27)13-17-6-7-18(19(14-26)30-17)23-21(28)22-15-4-3-5-16(12-15)29-2/h3-5,12,17-19,26H,6-11,13-14H2,1-2H3,(H2,22,23,28)/t17-,18+,19-/m0/s1. The predicted octanol–water partition coefficient (Wildman–Crippen LogP) is 0.889. The number of carbonyl (C=O) groups is 2. The summed E-state index contributed by atoms with van der Waals surface area (Å²) in [5.74, 6) is 0.738. The number of amides is 3. The van der Waals surface area contributed by atoms with Crippen LogP contribution in [0.5, 0.6) is 5.75 Å². The van der Waals surface area contributed by atoms with Gasteiger partial charge in [-0.25, -0.2) is 4.79 Å². The average Bonchev–Trinajstić information content (AvgIpc) is 2.75. The smallest absolute Gasteiger partial charge is 0.319 e. The molecule has 3 N–H and O–H groups in total. The number of nitrogens with zero attached hydrogens (tertiary/aromatic N) is 2. The van der Waals surface area contributed by atoms with Gasteiger partial charge in [-0.1, -0.05) is 6.07 Å². The SMILES string of the molecule is COc1cccc(NC(=O)N[C@@H]2CC[C@@H](CC(=O)N3CCN(C)CC3)O[C@H]2CO)c1. The molecule has 2 aliphatic rings. The zero-order chi connectivity index (χ0) is 21.5. The molecule has 0 radical (unpaired) electrons. The van der Waals surface area contributed by atoms with Crippen molar-refractivity contribution in [1.29, 1.82) is 0 Å². The van der Waals surface area contributed by atoms with Gasteiger partial charge in [-0.2, -0.15) is 0 Å². The van der Waals surface area contributed by atoms with E-state index < -0.39 is 6.10 Å². The fourth-order valence-corrected chi connectivity index (χ4v) is 3.86. The molecule has 2 fully saturated rings. The van der Waals surface area contributed by atoms with Gasteiger partial charge in [0.05, 0.1) is 32.3 Å². The Hall–Kier alpha value is -2.36. The van der Waals surface area contributed by atoms with Gasteiger partial charge in [0.2, 0.25) is 5.91 Å². The van der Waals surface area contributed by atoms with Crippen molar-refractivity contribution < 1.29 is 24.2 Å². The highest BCUT2D eigenvalue weighted by Crippen LogP contribution is 2.23. The van der Waals surface area contributed by atoms with E-state index in [4.69, 9.17) is 9.47 Å². The molecule has 2 saturated heterocycles. The Bertz CT molecular complexity index is 723. The molecule has 3 rings (SSSR count). The zero-order valence-electron chi connectivity index (χ0n) is 17.7. The van der Waals surface area contributed by atoms with E-state index in [1.54, 1.807) is 31.4 Å². The fraction of sp³-hybridized carbons (Fsp3) is 0.619. The van der Waals surface area contributed by atoms with E-state index >= 15 is 0 Å². The molecule has 2 heterocycles. The van der Waals surface area contributed by atoms with Gasteiger partial charge in [-0.05, 0) is 32.0 Å². The van der Waals surface area contributed by atoms with Crippen LogP contribution in [0, 0.1) is 0 Å². The number of ether oxygens (including phenoxy) is 2. The average molecular weight is 421 g/mol. The number of aliphatic hydroxyl groups excluding tert-OH is 1. The Kier molecular flexibility index (Phi) is 7.89. The van der Waals surface area contributed by atoms with Crippen molar-refractivity contribution in [2.24, 2.45) is 0 Å². The number of carbonyl (C=O) groups excluding carboxylic acids is 2. The Morgan fingerprint density at radius 3 is 2.70 bits per heavy atom. The van der Waals surface area contributed by atoms with Gasteiger partial charge >= 0.3 is 6.03 Å². The Morgan fingerprint density at radius 1 is 1.23 bits per heavy atom. The number of nitrogens with one attached hydrogen (secondary N) is 2. The number of aliphatic hydroxyl groups is 1. The van der Waals surface area contributed by atoms with Crippen molar-refractivity contribution in [2.75, 3.05) is 52.3 Å². The van der Waals surface area contributed by atoms with Gasteiger partial charge in [-0.3, -0.25) is 4.79 Å². The monoisotopic (exact) mass is 420 g/mol. The lowest BCUT2D eigenvalue weighted by molar-refractivity contribution is -0.141. The van der Waals surface area contributed by atoms with Crippen LogP contribution in [0.25, 0.3) is 0 Å². The number of rotatable bonds is 6. The van der Waals surface area contributed by atoms with Crippen LogP contribution >= 0.6 is 0 Å². The van der Waals surface area contributed by atoms with Crippen molar-refractivity contribution in [3.8, 4) is 5.75 Å². The number of methoxy groups -OCH3 is 1. The summed E-state index contributed by atoms with van der Waals surface area (Å²) < 4.78 is 11.1. The normalized spacial score (nSPS) is 24.9. The van der Waals surface area contributed by atoms with Crippen molar-refractivity contribution in [1.82, 2.24) is 15.1 Å². The number of benzene rings is 1. The molecule has 9 nitrogen and oxygen atoms in total. The van der Waals surface area contributed by atoms with Gasteiger partial charge in [0.1, 0.15) is 11.9 Å². The molecule has 0 aliphatic carbocycles. The zero-order valence-corrected chi connectivity index (χ0v) is 17.7. The molecule has 0 aromatic heterocycles. The number of hydrogen-bond acceptors (Lipinski definition) is 6. The summed E-state index contributed by atoms with van der Waals surface area (Å²) in [7, 11) is 3.62. The first-order chi connectivity index (χ1) is 14.5. The Labute approximate surface area is 177 Å². The number of piperazine rings is 1. The van der Waals surface area contributed by atoms with Gasteiger partial charge < -0.3 is 35.0 Å². The third-order valence-corrected chi connectivity index (χ3v) is 5.70. The minimum Gasteiger partial charge on any atom is -0.497 e. The highest BCUT2D eigenvalue weighted by Gasteiger charge is 2.34. The number of urea groups is 1. The molecule has 1 aromatic carbocycles. The first-order valence-electron chi connectivity index (χ1n) is 10.4. The van der Waals surface area contributed by atoms with Crippen molar-refractivity contribution in [3.05, 3.63) is 24.3 Å². The van der Waals surface area contributed by atoms with Crippen LogP contribution in [0.2, 0.25) is 0 Å². The molecule has 0 spiro atoms. The molecule has 3 atom stereocenters. The lowest BCUT2D eigenvalue weighted by Crippen LogP contribution is -2.53. The van der Waals surface area contributed by atoms with E-state index in [9.17, 15) is 14.7 Å². The van der Waals surface area contributed by atoms with Crippen LogP contribution in [0.3, 0.4) is 0 Å². The highest BCUT2D eigenvalue weighted by molar-refractivity contribution is 5.89. The summed E-state index contributed by atoms with van der Waals surface area (Å²) >= 11 is 0. The molecule has 30 heavy (non-hydrogen) atoms. The fourth-order valence-electron chi connectivity index (χ4n) is 3.86. The van der Waals surface area contributed by atoms with Crippen LogP contribution in [-0.4, -0.2) is 92.0 Å². The summed E-state index contributed by atoms with van der Waals surface area (Å²) in [6.07, 6.45) is 0.814. The maximum Gasteiger partial charge on any atom is 0.319 e. The van der Waals surface area contributed by atoms with Crippen molar-refractivity contribution in [2.45, 2.75) is 37.5 Å². The first kappa shape index (κ1) is 22.3. The largest absolute Gasteiger partial charge is 0.497 e. The van der Waals surface area contributed by atoms with E-state index in [2.05, 4.69) is 22.6 Å². The lowest BCUT2D eigenvalue weighted by Gasteiger charge is -2.37. The van der Waals surface area contributed by atoms with E-state index in [0.717, 1.165) is 26.2 Å². The maximum atomic E-state index is 12.6. The molecular weight excluding hydrogens is 388 g/mol. The van der Waals surface area contributed by atoms with Crippen molar-refractivity contribution >= 4 is 17.6 Å². The molecule has 0 bridgehead atoms. The molecular formula is C21H32N4O5. The number of hydrogen-bond donors (Lipinski definition) is 3. The molecule has 0 saturated carbocycles. The lowest BCUT2D eigenvalue weighted by atomic mass is 9.97. The Morgan fingerprint density at radius 2 is 2.00 bits per heavy atom. The quantitative estimate of drug-likeness (QED) is 0.632. The van der Waals surface area contributed by atoms with Crippen LogP contribution < -0.4 is 15.4 Å². The third-order valence-electron chi connectivity index (χ3n) is 5.70. The topological polar surface area (TPSA) is 103 Å². The van der Waals surface area contributed by atoms with Crippen LogP contribution in [0.15, 0.2) is 24.3 Å². The number of anilines is 1. The summed E-state index contributed by atoms with van der Waals surface area (Å²) in [6, 6.07) is 6.38. The second kappa shape index (κ2) is 10.6. The Balaban J connectivity index is 1.47. The molecule has 166 valence electrons. The van der Waals surface area contributed by atoms with Gasteiger partial charge in [-0.15, -0.1) is 0 Å². The second-order valence-electron chi connectivity index (χ2n) is 7.88. The number of likely N-dealkylation sites (N-methyl/N-ethyl adjacent to an activating group) is 1. The van der Waals surface area contributed by atoms with E-state index in [1.807, 2.05) is 4.90 Å². The van der Waals surface area contributed by atoms with Crippen LogP contribution in [0.1, 0.15) is 19.3 Å². The van der Waals surface area contributed by atoms with Gasteiger partial charge in [0.25, 0.3) is 0 Å². The van der Waals surface area contributed by atoms with E-state index in [-0.39, 0.29) is 30.7 Å². The highest BCUT2D eigenvalue weighted by atomic mass is 16.5. The summed E-state index contributed by atoms with van der Waals surface area (Å²) in [4.78, 5) is 29.0. The van der Waals surface area contributed by atoms with E-state index in [0.29, 0.717) is 30.7 Å². The summed E-state index contributed by atoms with van der Waals surface area (Å²) in [6.45, 7) is 3.01. The van der Waals surface area contributed by atoms with Gasteiger partial charge in [0.15, 0.2) is 0 Å².